The smallest absolute Gasteiger partial charge is 0.253 e. The molecule has 9 nitrogen and oxygen atoms in total. The lowest BCUT2D eigenvalue weighted by Crippen LogP contribution is -2.55. The Morgan fingerprint density at radius 1 is 1.09 bits per heavy atom. The molecule has 9 heteroatoms. The number of guanidine groups is 1. The Hall–Kier alpha value is -3.30. The van der Waals surface area contributed by atoms with Crippen molar-refractivity contribution < 1.29 is 24.5 Å². The molecule has 5 N–H and O–H groups in total. The highest BCUT2D eigenvalue weighted by molar-refractivity contribution is 5.94. The zero-order valence-electron chi connectivity index (χ0n) is 19.9. The average Bonchev–Trinajstić information content (AvgIpc) is 3.25. The lowest BCUT2D eigenvalue weighted by molar-refractivity contribution is 0.0536. The highest BCUT2D eigenvalue weighted by atomic mass is 16.5. The lowest BCUT2D eigenvalue weighted by Gasteiger charge is -2.39. The van der Waals surface area contributed by atoms with Gasteiger partial charge in [-0.2, -0.15) is 0 Å². The van der Waals surface area contributed by atoms with Gasteiger partial charge in [0.2, 0.25) is 0 Å². The SMILES string of the molecule is NC1=NCC2(CCN(C(=O)c3ccc(OCCCc4ccc(OC[C@@H](O)CO)cc4)cc3)CC2)N1. The second kappa shape index (κ2) is 11.4. The number of aliphatic imine (C=N–C) groups is 1. The van der Waals surface area contributed by atoms with E-state index < -0.39 is 6.10 Å². The van der Waals surface area contributed by atoms with E-state index in [1.54, 1.807) is 0 Å². The molecule has 2 aliphatic rings. The third-order valence-electron chi connectivity index (χ3n) is 6.51. The van der Waals surface area contributed by atoms with E-state index in [2.05, 4.69) is 10.3 Å². The fraction of sp³-hybridized carbons (Fsp3) is 0.462. The molecule has 2 aromatic carbocycles. The molecule has 1 fully saturated rings. The van der Waals surface area contributed by atoms with Crippen LogP contribution in [-0.4, -0.2) is 78.1 Å². The second-order valence-electron chi connectivity index (χ2n) is 9.17. The van der Waals surface area contributed by atoms with Gasteiger partial charge in [0, 0.05) is 18.7 Å². The summed E-state index contributed by atoms with van der Waals surface area (Å²) in [5.41, 5.74) is 7.51. The van der Waals surface area contributed by atoms with Gasteiger partial charge in [-0.1, -0.05) is 12.1 Å². The van der Waals surface area contributed by atoms with Crippen LogP contribution in [0.1, 0.15) is 35.2 Å². The summed E-state index contributed by atoms with van der Waals surface area (Å²) in [7, 11) is 0. The van der Waals surface area contributed by atoms with E-state index in [1.807, 2.05) is 53.4 Å². The first-order valence-corrected chi connectivity index (χ1v) is 12.1. The van der Waals surface area contributed by atoms with Gasteiger partial charge in [0.1, 0.15) is 24.2 Å². The molecule has 2 aliphatic heterocycles. The summed E-state index contributed by atoms with van der Waals surface area (Å²) in [5.74, 6) is 1.94. The molecule has 2 heterocycles. The predicted molar refractivity (Wildman–Crippen MR) is 133 cm³/mol. The van der Waals surface area contributed by atoms with Crippen LogP contribution in [0.5, 0.6) is 11.5 Å². The highest BCUT2D eigenvalue weighted by Crippen LogP contribution is 2.26. The number of aryl methyl sites for hydroxylation is 1. The van der Waals surface area contributed by atoms with Crippen LogP contribution >= 0.6 is 0 Å². The molecule has 1 saturated heterocycles. The van der Waals surface area contributed by atoms with E-state index >= 15 is 0 Å². The highest BCUT2D eigenvalue weighted by Gasteiger charge is 2.39. The molecule has 4 rings (SSSR count). The van der Waals surface area contributed by atoms with Crippen molar-refractivity contribution in [2.45, 2.75) is 37.3 Å². The molecule has 1 spiro atoms. The number of ether oxygens (including phenoxy) is 2. The van der Waals surface area contributed by atoms with Crippen molar-refractivity contribution in [2.75, 3.05) is 39.5 Å². The van der Waals surface area contributed by atoms with Crippen molar-refractivity contribution in [3.05, 3.63) is 59.7 Å². The van der Waals surface area contributed by atoms with Gasteiger partial charge >= 0.3 is 0 Å². The van der Waals surface area contributed by atoms with Crippen molar-refractivity contribution in [3.8, 4) is 11.5 Å². The topological polar surface area (TPSA) is 130 Å². The molecule has 35 heavy (non-hydrogen) atoms. The number of nitrogens with two attached hydrogens (primary N) is 1. The monoisotopic (exact) mass is 482 g/mol. The summed E-state index contributed by atoms with van der Waals surface area (Å²) in [4.78, 5) is 19.0. The largest absolute Gasteiger partial charge is 0.494 e. The Balaban J connectivity index is 1.16. The molecule has 1 amide bonds. The van der Waals surface area contributed by atoms with Crippen LogP contribution in [0, 0.1) is 0 Å². The quantitative estimate of drug-likeness (QED) is 0.376. The van der Waals surface area contributed by atoms with Crippen LogP contribution in [-0.2, 0) is 6.42 Å². The first-order chi connectivity index (χ1) is 17.0. The Kier molecular flexibility index (Phi) is 8.09. The molecule has 1 atom stereocenters. The number of rotatable bonds is 10. The summed E-state index contributed by atoms with van der Waals surface area (Å²) in [6.45, 7) is 2.37. The Bertz CT molecular complexity index is 1000. The van der Waals surface area contributed by atoms with Crippen LogP contribution in [0.3, 0.4) is 0 Å². The fourth-order valence-corrected chi connectivity index (χ4v) is 4.35. The molecule has 2 aromatic rings. The summed E-state index contributed by atoms with van der Waals surface area (Å²) in [6, 6.07) is 15.0. The van der Waals surface area contributed by atoms with Gasteiger partial charge in [0.25, 0.3) is 5.91 Å². The number of hydrogen-bond donors (Lipinski definition) is 4. The molecule has 0 bridgehead atoms. The van der Waals surface area contributed by atoms with Crippen LogP contribution in [0.4, 0.5) is 0 Å². The van der Waals surface area contributed by atoms with E-state index in [4.69, 9.17) is 20.3 Å². The predicted octanol–water partition coefficient (Wildman–Crippen LogP) is 1.32. The minimum Gasteiger partial charge on any atom is -0.494 e. The summed E-state index contributed by atoms with van der Waals surface area (Å²) in [5, 5.41) is 21.4. The number of aliphatic hydroxyl groups is 2. The Labute approximate surface area is 205 Å². The van der Waals surface area contributed by atoms with Crippen LogP contribution in [0.2, 0.25) is 0 Å². The van der Waals surface area contributed by atoms with Crippen molar-refractivity contribution in [3.63, 3.8) is 0 Å². The standard InChI is InChI=1S/C26H34N4O5/c27-25-28-18-26(29-25)11-13-30(14-12-26)24(33)20-5-9-22(10-6-20)34-15-1-2-19-3-7-23(8-4-19)35-17-21(32)16-31/h3-10,21,31-32H,1-2,11-18H2,(H3,27,28,29)/t21-/m0/s1. The molecule has 0 aliphatic carbocycles. The zero-order chi connectivity index (χ0) is 24.7. The number of hydrogen-bond acceptors (Lipinski definition) is 8. The maximum atomic E-state index is 12.9. The van der Waals surface area contributed by atoms with E-state index in [1.165, 1.54) is 0 Å². The van der Waals surface area contributed by atoms with Crippen LogP contribution in [0.15, 0.2) is 53.5 Å². The first kappa shape index (κ1) is 24.8. The lowest BCUT2D eigenvalue weighted by atomic mass is 9.88. The number of amides is 1. The van der Waals surface area contributed by atoms with E-state index in [9.17, 15) is 9.90 Å². The minimum atomic E-state index is -0.874. The van der Waals surface area contributed by atoms with Gasteiger partial charge in [-0.05, 0) is 67.6 Å². The molecule has 0 unspecified atom stereocenters. The molecule has 0 aromatic heterocycles. The second-order valence-corrected chi connectivity index (χ2v) is 9.17. The van der Waals surface area contributed by atoms with Gasteiger partial charge in [-0.3, -0.25) is 9.79 Å². The number of benzene rings is 2. The van der Waals surface area contributed by atoms with Gasteiger partial charge in [-0.25, -0.2) is 0 Å². The van der Waals surface area contributed by atoms with Crippen LogP contribution < -0.4 is 20.5 Å². The van der Waals surface area contributed by atoms with Gasteiger partial charge in [0.15, 0.2) is 5.96 Å². The normalized spacial score (nSPS) is 17.5. The molecule has 188 valence electrons. The van der Waals surface area contributed by atoms with Crippen molar-refractivity contribution >= 4 is 11.9 Å². The van der Waals surface area contributed by atoms with Crippen LogP contribution in [0.25, 0.3) is 0 Å². The molecular formula is C26H34N4O5. The summed E-state index contributed by atoms with van der Waals surface area (Å²) in [6.07, 6.45) is 2.51. The number of nitrogens with one attached hydrogen (secondary N) is 1. The van der Waals surface area contributed by atoms with Crippen molar-refractivity contribution in [1.82, 2.24) is 10.2 Å². The first-order valence-electron chi connectivity index (χ1n) is 12.1. The maximum Gasteiger partial charge on any atom is 0.253 e. The van der Waals surface area contributed by atoms with Gasteiger partial charge in [-0.15, -0.1) is 0 Å². The third kappa shape index (κ3) is 6.64. The summed E-state index contributed by atoms with van der Waals surface area (Å²) < 4.78 is 11.3. The summed E-state index contributed by atoms with van der Waals surface area (Å²) >= 11 is 0. The third-order valence-corrected chi connectivity index (χ3v) is 6.51. The van der Waals surface area contributed by atoms with Crippen molar-refractivity contribution in [1.29, 1.82) is 0 Å². The molecule has 0 saturated carbocycles. The number of likely N-dealkylation sites (tertiary alicyclic amines) is 1. The molecule has 0 radical (unpaired) electrons. The fourth-order valence-electron chi connectivity index (χ4n) is 4.35. The van der Waals surface area contributed by atoms with E-state index in [-0.39, 0.29) is 24.7 Å². The molecular weight excluding hydrogens is 448 g/mol. The number of carbonyl (C=O) groups excluding carboxylic acids is 1. The number of carbonyl (C=O) groups is 1. The number of piperidine rings is 1. The van der Waals surface area contributed by atoms with E-state index in [0.717, 1.165) is 37.0 Å². The number of aliphatic hydroxyl groups excluding tert-OH is 2. The maximum absolute atomic E-state index is 12.9. The Morgan fingerprint density at radius 3 is 2.37 bits per heavy atom. The minimum absolute atomic E-state index is 0.0385. The van der Waals surface area contributed by atoms with Gasteiger partial charge < -0.3 is 35.6 Å². The number of nitrogens with zero attached hydrogens (tertiary/aromatic N) is 2. The van der Waals surface area contributed by atoms with Gasteiger partial charge in [0.05, 0.1) is 25.3 Å². The van der Waals surface area contributed by atoms with E-state index in [0.29, 0.717) is 43.5 Å². The average molecular weight is 483 g/mol. The Morgan fingerprint density at radius 2 is 1.74 bits per heavy atom. The van der Waals surface area contributed by atoms with Crippen molar-refractivity contribution in [2.24, 2.45) is 10.7 Å². The zero-order valence-corrected chi connectivity index (χ0v) is 19.9.